The molecule has 5 nitrogen and oxygen atoms in total. The van der Waals surface area contributed by atoms with Crippen LogP contribution in [0.5, 0.6) is 5.75 Å². The summed E-state index contributed by atoms with van der Waals surface area (Å²) in [5.74, 6) is -0.151. The molecule has 0 aliphatic heterocycles. The lowest BCUT2D eigenvalue weighted by Crippen LogP contribution is -2.15. The number of carbonyl (C=O) groups is 1. The van der Waals surface area contributed by atoms with E-state index in [-0.39, 0.29) is 18.3 Å². The Morgan fingerprint density at radius 1 is 1.53 bits per heavy atom. The van der Waals surface area contributed by atoms with Crippen LogP contribution in [0, 0.1) is 3.70 Å². The summed E-state index contributed by atoms with van der Waals surface area (Å²) in [4.78, 5) is 11.7. The van der Waals surface area contributed by atoms with E-state index in [0.717, 1.165) is 27.4 Å². The van der Waals surface area contributed by atoms with Crippen molar-refractivity contribution in [2.75, 3.05) is 6.61 Å². The average Bonchev–Trinajstić information content (AvgIpc) is 2.66. The smallest absolute Gasteiger partial charge is 0.327 e. The van der Waals surface area contributed by atoms with Crippen LogP contribution >= 0.6 is 22.6 Å². The minimum Gasteiger partial charge on any atom is -0.508 e. The first-order valence-electron chi connectivity index (χ1n) is 6.12. The molecule has 2 aromatic rings. The number of phenols is 1. The fraction of sp³-hybridized carbons (Fsp3) is 0.385. The summed E-state index contributed by atoms with van der Waals surface area (Å²) < 4.78 is 7.47. The lowest BCUT2D eigenvalue weighted by Gasteiger charge is -2.05. The topological polar surface area (TPSA) is 64.4 Å². The van der Waals surface area contributed by atoms with Gasteiger partial charge in [0.1, 0.15) is 16.0 Å². The number of ether oxygens (including phenoxy) is 1. The Labute approximate surface area is 124 Å². The lowest BCUT2D eigenvalue weighted by atomic mass is 10.2. The maximum absolute atomic E-state index is 11.7. The molecule has 0 radical (unpaired) electrons. The third-order valence-corrected chi connectivity index (χ3v) is 3.53. The van der Waals surface area contributed by atoms with E-state index in [0.29, 0.717) is 6.61 Å². The second kappa shape index (κ2) is 6.23. The van der Waals surface area contributed by atoms with Crippen LogP contribution in [0.4, 0.5) is 0 Å². The Hall–Kier alpha value is -1.31. The van der Waals surface area contributed by atoms with Crippen LogP contribution in [0.2, 0.25) is 0 Å². The zero-order valence-corrected chi connectivity index (χ0v) is 12.8. The van der Waals surface area contributed by atoms with Crippen molar-refractivity contribution in [1.29, 1.82) is 0 Å². The summed E-state index contributed by atoms with van der Waals surface area (Å²) >= 11 is 2.11. The predicted molar refractivity (Wildman–Crippen MR) is 80.0 cm³/mol. The number of esters is 1. The molecule has 1 aromatic heterocycles. The number of hydrogen-bond acceptors (Lipinski definition) is 4. The fourth-order valence-electron chi connectivity index (χ4n) is 1.74. The Balaban J connectivity index is 2.16. The summed E-state index contributed by atoms with van der Waals surface area (Å²) in [7, 11) is 0. The highest BCUT2D eigenvalue weighted by Gasteiger charge is 2.12. The molecule has 0 unspecified atom stereocenters. The molecule has 0 bridgehead atoms. The Bertz CT molecular complexity index is 595. The molecular formula is C13H15IN2O3. The Morgan fingerprint density at radius 2 is 2.32 bits per heavy atom. The normalized spacial score (nSPS) is 10.8. The number of carbonyl (C=O) groups excluding carboxylic acids is 1. The van der Waals surface area contributed by atoms with Crippen molar-refractivity contribution in [3.63, 3.8) is 0 Å². The van der Waals surface area contributed by atoms with E-state index in [1.807, 2.05) is 6.92 Å². The number of nitrogens with zero attached hydrogens (tertiary/aromatic N) is 2. The van der Waals surface area contributed by atoms with E-state index in [2.05, 4.69) is 27.7 Å². The van der Waals surface area contributed by atoms with Gasteiger partial charge in [0.2, 0.25) is 0 Å². The van der Waals surface area contributed by atoms with E-state index < -0.39 is 0 Å². The third kappa shape index (κ3) is 3.37. The standard InChI is InChI=1S/C13H15IN2O3/c1-2-3-6-19-12(18)8-16-11-7-9(17)4-5-10(11)13(14)15-16/h4-5,7,17H,2-3,6,8H2,1H3. The number of rotatable bonds is 5. The highest BCUT2D eigenvalue weighted by molar-refractivity contribution is 14.1. The van der Waals surface area contributed by atoms with Crippen molar-refractivity contribution in [2.45, 2.75) is 26.3 Å². The molecule has 1 aromatic carbocycles. The number of fused-ring (bicyclic) bond motifs is 1. The van der Waals surface area contributed by atoms with Crippen LogP contribution < -0.4 is 0 Å². The molecule has 1 N–H and O–H groups in total. The summed E-state index contributed by atoms with van der Waals surface area (Å²) in [6.07, 6.45) is 1.85. The van der Waals surface area contributed by atoms with Crippen molar-refractivity contribution < 1.29 is 14.6 Å². The van der Waals surface area contributed by atoms with E-state index >= 15 is 0 Å². The molecule has 0 aliphatic carbocycles. The number of benzene rings is 1. The molecule has 0 saturated carbocycles. The summed E-state index contributed by atoms with van der Waals surface area (Å²) in [6, 6.07) is 5.00. The van der Waals surface area contributed by atoms with Crippen molar-refractivity contribution in [3.8, 4) is 5.75 Å². The van der Waals surface area contributed by atoms with E-state index in [9.17, 15) is 9.90 Å². The van der Waals surface area contributed by atoms with Gasteiger partial charge in [0.25, 0.3) is 0 Å². The van der Waals surface area contributed by atoms with Crippen LogP contribution in [0.15, 0.2) is 18.2 Å². The summed E-state index contributed by atoms with van der Waals surface area (Å²) in [5, 5.41) is 14.7. The lowest BCUT2D eigenvalue weighted by molar-refractivity contribution is -0.144. The van der Waals surface area contributed by atoms with Gasteiger partial charge >= 0.3 is 5.97 Å². The van der Waals surface area contributed by atoms with Crippen LogP contribution in [-0.2, 0) is 16.1 Å². The van der Waals surface area contributed by atoms with Crippen molar-refractivity contribution >= 4 is 39.5 Å². The van der Waals surface area contributed by atoms with Gasteiger partial charge in [-0.05, 0) is 41.1 Å². The molecule has 0 fully saturated rings. The van der Waals surface area contributed by atoms with Crippen molar-refractivity contribution in [2.24, 2.45) is 0 Å². The number of halogens is 1. The Morgan fingerprint density at radius 3 is 3.05 bits per heavy atom. The molecule has 0 saturated heterocycles. The zero-order chi connectivity index (χ0) is 13.8. The number of aromatic hydroxyl groups is 1. The van der Waals surface area contributed by atoms with Gasteiger partial charge in [-0.15, -0.1) is 0 Å². The maximum atomic E-state index is 11.7. The number of unbranched alkanes of at least 4 members (excludes halogenated alkanes) is 1. The fourth-order valence-corrected chi connectivity index (χ4v) is 2.46. The molecule has 0 aliphatic rings. The molecule has 0 atom stereocenters. The monoisotopic (exact) mass is 374 g/mol. The van der Waals surface area contributed by atoms with Gasteiger partial charge in [-0.1, -0.05) is 13.3 Å². The number of hydrogen-bond donors (Lipinski definition) is 1. The summed E-state index contributed by atoms with van der Waals surface area (Å²) in [6.45, 7) is 2.55. The number of phenolic OH excluding ortho intramolecular Hbond substituents is 1. The minimum atomic E-state index is -0.308. The van der Waals surface area contributed by atoms with Crippen LogP contribution in [0.3, 0.4) is 0 Å². The molecule has 2 rings (SSSR count). The SMILES string of the molecule is CCCCOC(=O)Cn1nc(I)c2ccc(O)cc21. The predicted octanol–water partition coefficient (Wildman–Crippen LogP) is 2.69. The maximum Gasteiger partial charge on any atom is 0.327 e. The second-order valence-corrected chi connectivity index (χ2v) is 5.25. The van der Waals surface area contributed by atoms with Crippen LogP contribution in [0.1, 0.15) is 19.8 Å². The zero-order valence-electron chi connectivity index (χ0n) is 10.6. The molecule has 102 valence electrons. The van der Waals surface area contributed by atoms with Gasteiger partial charge in [0, 0.05) is 11.5 Å². The second-order valence-electron chi connectivity index (χ2n) is 4.22. The van der Waals surface area contributed by atoms with Crippen LogP contribution in [0.25, 0.3) is 10.9 Å². The highest BCUT2D eigenvalue weighted by Crippen LogP contribution is 2.24. The molecule has 1 heterocycles. The molecule has 6 heteroatoms. The van der Waals surface area contributed by atoms with E-state index in [1.54, 1.807) is 22.9 Å². The summed E-state index contributed by atoms with van der Waals surface area (Å²) in [5.41, 5.74) is 0.733. The third-order valence-electron chi connectivity index (χ3n) is 2.73. The van der Waals surface area contributed by atoms with Gasteiger partial charge < -0.3 is 9.84 Å². The van der Waals surface area contributed by atoms with Gasteiger partial charge in [-0.3, -0.25) is 9.48 Å². The first kappa shape index (κ1) is 14.1. The average molecular weight is 374 g/mol. The van der Waals surface area contributed by atoms with E-state index in [4.69, 9.17) is 4.74 Å². The van der Waals surface area contributed by atoms with Crippen molar-refractivity contribution in [3.05, 3.63) is 21.9 Å². The largest absolute Gasteiger partial charge is 0.508 e. The van der Waals surface area contributed by atoms with E-state index in [1.165, 1.54) is 0 Å². The van der Waals surface area contributed by atoms with Gasteiger partial charge in [0.05, 0.1) is 12.1 Å². The molecule has 19 heavy (non-hydrogen) atoms. The molecule has 0 amide bonds. The Kier molecular flexibility index (Phi) is 4.62. The van der Waals surface area contributed by atoms with Gasteiger partial charge in [-0.25, -0.2) is 0 Å². The highest BCUT2D eigenvalue weighted by atomic mass is 127. The quantitative estimate of drug-likeness (QED) is 0.497. The molecular weight excluding hydrogens is 359 g/mol. The minimum absolute atomic E-state index is 0.0622. The molecule has 0 spiro atoms. The van der Waals surface area contributed by atoms with Gasteiger partial charge in [0.15, 0.2) is 0 Å². The van der Waals surface area contributed by atoms with Crippen LogP contribution in [-0.4, -0.2) is 27.5 Å². The first-order valence-corrected chi connectivity index (χ1v) is 7.20. The van der Waals surface area contributed by atoms with Crippen molar-refractivity contribution in [1.82, 2.24) is 9.78 Å². The first-order chi connectivity index (χ1) is 9.11. The number of aromatic nitrogens is 2. The van der Waals surface area contributed by atoms with Gasteiger partial charge in [-0.2, -0.15) is 5.10 Å².